The Morgan fingerprint density at radius 2 is 1.81 bits per heavy atom. The van der Waals surface area contributed by atoms with E-state index in [9.17, 15) is 13.6 Å². The normalized spacial score (nSPS) is 14.3. The number of methoxy groups -OCH3 is 1. The molecule has 144 valence electrons. The first-order valence-electron chi connectivity index (χ1n) is 8.53. The molecule has 7 nitrogen and oxygen atoms in total. The Morgan fingerprint density at radius 3 is 2.44 bits per heavy atom. The highest BCUT2D eigenvalue weighted by Crippen LogP contribution is 2.17. The van der Waals surface area contributed by atoms with Gasteiger partial charge in [-0.1, -0.05) is 0 Å². The number of rotatable bonds is 6. The summed E-state index contributed by atoms with van der Waals surface area (Å²) in [5.41, 5.74) is 0.139. The van der Waals surface area contributed by atoms with Crippen LogP contribution < -0.4 is 9.64 Å². The zero-order chi connectivity index (χ0) is 19.2. The van der Waals surface area contributed by atoms with Crippen LogP contribution in [0, 0.1) is 11.6 Å². The Morgan fingerprint density at radius 1 is 1.04 bits per heavy atom. The summed E-state index contributed by atoms with van der Waals surface area (Å²) in [5, 5.41) is 8.16. The Bertz CT molecular complexity index is 781. The summed E-state index contributed by atoms with van der Waals surface area (Å²) < 4.78 is 36.6. The molecule has 2 heterocycles. The Labute approximate surface area is 155 Å². The number of carbonyl (C=O) groups is 1. The fraction of sp³-hybridized carbons (Fsp3) is 0.389. The zero-order valence-corrected chi connectivity index (χ0v) is 14.9. The Kier molecular flexibility index (Phi) is 6.12. The number of aromatic nitrogens is 2. The molecule has 0 saturated carbocycles. The second-order valence-electron chi connectivity index (χ2n) is 5.98. The maximum Gasteiger partial charge on any atom is 0.254 e. The summed E-state index contributed by atoms with van der Waals surface area (Å²) >= 11 is 0. The number of benzene rings is 1. The molecular formula is C18H20F2N4O3. The summed E-state index contributed by atoms with van der Waals surface area (Å²) in [5.74, 6) is -1.20. The number of hydrogen-bond acceptors (Lipinski definition) is 6. The number of anilines is 1. The van der Waals surface area contributed by atoms with Crippen molar-refractivity contribution in [1.82, 2.24) is 15.1 Å². The lowest BCUT2D eigenvalue weighted by molar-refractivity contribution is 0.0746. The second-order valence-corrected chi connectivity index (χ2v) is 5.98. The first-order valence-corrected chi connectivity index (χ1v) is 8.53. The third-order valence-corrected chi connectivity index (χ3v) is 4.22. The molecule has 9 heteroatoms. The molecule has 0 atom stereocenters. The molecule has 1 aromatic heterocycles. The van der Waals surface area contributed by atoms with Crippen LogP contribution in [0.3, 0.4) is 0 Å². The van der Waals surface area contributed by atoms with Crippen molar-refractivity contribution in [2.24, 2.45) is 0 Å². The van der Waals surface area contributed by atoms with Crippen molar-refractivity contribution in [3.8, 4) is 5.88 Å². The van der Waals surface area contributed by atoms with E-state index in [0.29, 0.717) is 51.1 Å². The minimum Gasteiger partial charge on any atom is -0.474 e. The number of halogens is 2. The fourth-order valence-corrected chi connectivity index (χ4v) is 2.74. The van der Waals surface area contributed by atoms with Crippen molar-refractivity contribution in [3.63, 3.8) is 0 Å². The molecule has 0 bridgehead atoms. The lowest BCUT2D eigenvalue weighted by Crippen LogP contribution is -2.49. The lowest BCUT2D eigenvalue weighted by Gasteiger charge is -2.35. The molecule has 1 amide bonds. The van der Waals surface area contributed by atoms with Crippen molar-refractivity contribution in [1.29, 1.82) is 0 Å². The van der Waals surface area contributed by atoms with Gasteiger partial charge >= 0.3 is 0 Å². The van der Waals surface area contributed by atoms with Gasteiger partial charge in [0.25, 0.3) is 5.91 Å². The topological polar surface area (TPSA) is 67.8 Å². The van der Waals surface area contributed by atoms with Crippen LogP contribution in [-0.4, -0.2) is 67.5 Å². The van der Waals surface area contributed by atoms with Crippen LogP contribution in [0.2, 0.25) is 0 Å². The maximum absolute atomic E-state index is 13.3. The predicted molar refractivity (Wildman–Crippen MR) is 93.9 cm³/mol. The van der Waals surface area contributed by atoms with E-state index in [1.165, 1.54) is 6.07 Å². The molecule has 1 aliphatic rings. The highest BCUT2D eigenvalue weighted by molar-refractivity contribution is 5.94. The van der Waals surface area contributed by atoms with Crippen LogP contribution in [0.4, 0.5) is 14.6 Å². The largest absolute Gasteiger partial charge is 0.474 e. The third-order valence-electron chi connectivity index (χ3n) is 4.22. The van der Waals surface area contributed by atoms with E-state index in [0.717, 1.165) is 12.1 Å². The van der Waals surface area contributed by atoms with Crippen molar-refractivity contribution in [3.05, 3.63) is 47.5 Å². The van der Waals surface area contributed by atoms with E-state index < -0.39 is 11.6 Å². The van der Waals surface area contributed by atoms with Crippen molar-refractivity contribution >= 4 is 11.7 Å². The van der Waals surface area contributed by atoms with Crippen LogP contribution in [0.15, 0.2) is 30.3 Å². The first kappa shape index (κ1) is 19.0. The van der Waals surface area contributed by atoms with Gasteiger partial charge in [-0.05, 0) is 24.3 Å². The van der Waals surface area contributed by atoms with Crippen LogP contribution in [0.25, 0.3) is 0 Å². The van der Waals surface area contributed by atoms with Gasteiger partial charge in [-0.15, -0.1) is 10.2 Å². The summed E-state index contributed by atoms with van der Waals surface area (Å²) in [6.45, 7) is 2.89. The van der Waals surface area contributed by atoms with Gasteiger partial charge in [-0.3, -0.25) is 4.79 Å². The molecule has 1 aromatic carbocycles. The molecule has 0 spiro atoms. The molecule has 1 saturated heterocycles. The van der Waals surface area contributed by atoms with Crippen molar-refractivity contribution < 1.29 is 23.0 Å². The molecule has 0 unspecified atom stereocenters. The quantitative estimate of drug-likeness (QED) is 0.714. The average molecular weight is 378 g/mol. The summed E-state index contributed by atoms with van der Waals surface area (Å²) in [6, 6.07) is 6.72. The van der Waals surface area contributed by atoms with Gasteiger partial charge in [0.05, 0.1) is 6.61 Å². The van der Waals surface area contributed by atoms with E-state index in [1.807, 2.05) is 11.0 Å². The van der Waals surface area contributed by atoms with Gasteiger partial charge < -0.3 is 19.3 Å². The summed E-state index contributed by atoms with van der Waals surface area (Å²) in [6.07, 6.45) is 0. The maximum atomic E-state index is 13.3. The minimum atomic E-state index is -1.03. The SMILES string of the molecule is COCCOc1ccc(N2CCN(C(=O)c3ccc(F)c(F)c3)CC2)nn1. The molecule has 3 rings (SSSR count). The standard InChI is InChI=1S/C18H20F2N4O3/c1-26-10-11-27-17-5-4-16(21-22-17)23-6-8-24(9-7-23)18(25)13-2-3-14(19)15(20)12-13/h2-5,12H,6-11H2,1H3. The number of hydrogen-bond donors (Lipinski definition) is 0. The van der Waals surface area contributed by atoms with Crippen LogP contribution >= 0.6 is 0 Å². The van der Waals surface area contributed by atoms with Gasteiger partial charge in [-0.2, -0.15) is 0 Å². The first-order chi connectivity index (χ1) is 13.1. The number of piperazine rings is 1. The van der Waals surface area contributed by atoms with Gasteiger partial charge in [0, 0.05) is 44.9 Å². The zero-order valence-electron chi connectivity index (χ0n) is 14.9. The molecule has 27 heavy (non-hydrogen) atoms. The number of ether oxygens (including phenoxy) is 2. The van der Waals surface area contributed by atoms with Gasteiger partial charge in [0.15, 0.2) is 17.5 Å². The van der Waals surface area contributed by atoms with E-state index >= 15 is 0 Å². The van der Waals surface area contributed by atoms with E-state index in [2.05, 4.69) is 10.2 Å². The molecule has 1 fully saturated rings. The lowest BCUT2D eigenvalue weighted by atomic mass is 10.1. The van der Waals surface area contributed by atoms with Crippen LogP contribution in [0.5, 0.6) is 5.88 Å². The van der Waals surface area contributed by atoms with Crippen LogP contribution in [0.1, 0.15) is 10.4 Å². The molecular weight excluding hydrogens is 358 g/mol. The highest BCUT2D eigenvalue weighted by Gasteiger charge is 2.23. The molecule has 0 aliphatic carbocycles. The Hall–Kier alpha value is -2.81. The fourth-order valence-electron chi connectivity index (χ4n) is 2.74. The minimum absolute atomic E-state index is 0.139. The van der Waals surface area contributed by atoms with E-state index in [-0.39, 0.29) is 11.5 Å². The summed E-state index contributed by atoms with van der Waals surface area (Å²) in [7, 11) is 1.59. The predicted octanol–water partition coefficient (Wildman–Crippen LogP) is 1.74. The van der Waals surface area contributed by atoms with E-state index in [1.54, 1.807) is 18.1 Å². The third kappa shape index (κ3) is 4.68. The van der Waals surface area contributed by atoms with Gasteiger partial charge in [0.1, 0.15) is 6.61 Å². The summed E-state index contributed by atoms with van der Waals surface area (Å²) in [4.78, 5) is 16.1. The van der Waals surface area contributed by atoms with Gasteiger partial charge in [-0.25, -0.2) is 8.78 Å². The second kappa shape index (κ2) is 8.72. The number of carbonyl (C=O) groups excluding carboxylic acids is 1. The van der Waals surface area contributed by atoms with Crippen molar-refractivity contribution in [2.45, 2.75) is 0 Å². The molecule has 0 radical (unpaired) electrons. The van der Waals surface area contributed by atoms with Crippen LogP contribution in [-0.2, 0) is 4.74 Å². The molecule has 2 aromatic rings. The number of nitrogens with zero attached hydrogens (tertiary/aromatic N) is 4. The highest BCUT2D eigenvalue weighted by atomic mass is 19.2. The van der Waals surface area contributed by atoms with E-state index in [4.69, 9.17) is 9.47 Å². The van der Waals surface area contributed by atoms with Gasteiger partial charge in [0.2, 0.25) is 5.88 Å². The number of amides is 1. The smallest absolute Gasteiger partial charge is 0.254 e. The Balaban J connectivity index is 1.55. The molecule has 1 aliphatic heterocycles. The molecule has 0 N–H and O–H groups in total. The van der Waals surface area contributed by atoms with Crippen molar-refractivity contribution in [2.75, 3.05) is 51.4 Å². The monoisotopic (exact) mass is 378 g/mol. The average Bonchev–Trinajstić information content (AvgIpc) is 2.70.